The van der Waals surface area contributed by atoms with Crippen molar-refractivity contribution >= 4 is 29.4 Å². The van der Waals surface area contributed by atoms with Crippen molar-refractivity contribution in [3.63, 3.8) is 0 Å². The summed E-state index contributed by atoms with van der Waals surface area (Å²) in [5.41, 5.74) is 0.232. The molecule has 144 valence electrons. The average Bonchev–Trinajstić information content (AvgIpc) is 2.69. The number of benzene rings is 1. The molecule has 0 aromatic heterocycles. The Kier molecular flexibility index (Phi) is 4.91. The molecule has 8 nitrogen and oxygen atoms in total. The van der Waals surface area contributed by atoms with Crippen molar-refractivity contribution in [3.8, 4) is 0 Å². The van der Waals surface area contributed by atoms with Gasteiger partial charge in [0.2, 0.25) is 11.8 Å². The minimum atomic E-state index is -0.955. The topological polar surface area (TPSA) is 107 Å². The van der Waals surface area contributed by atoms with E-state index in [1.54, 1.807) is 43.0 Å². The van der Waals surface area contributed by atoms with Gasteiger partial charge in [-0.05, 0) is 17.5 Å². The molecular weight excluding hydrogens is 350 g/mol. The summed E-state index contributed by atoms with van der Waals surface area (Å²) in [6.45, 7) is 4.14. The van der Waals surface area contributed by atoms with Gasteiger partial charge in [-0.3, -0.25) is 19.2 Å². The summed E-state index contributed by atoms with van der Waals surface area (Å²) in [6, 6.07) is 6.09. The van der Waals surface area contributed by atoms with Crippen molar-refractivity contribution in [1.29, 1.82) is 0 Å². The Balaban J connectivity index is 1.75. The van der Waals surface area contributed by atoms with Gasteiger partial charge in [0.05, 0.1) is 24.2 Å². The third-order valence-electron chi connectivity index (χ3n) is 4.97. The third kappa shape index (κ3) is 3.94. The Labute approximate surface area is 157 Å². The van der Waals surface area contributed by atoms with Crippen LogP contribution in [0.2, 0.25) is 0 Å². The summed E-state index contributed by atoms with van der Waals surface area (Å²) in [7, 11) is 0. The van der Waals surface area contributed by atoms with Crippen molar-refractivity contribution in [2.45, 2.75) is 32.7 Å². The maximum absolute atomic E-state index is 12.8. The highest BCUT2D eigenvalue weighted by molar-refractivity contribution is 6.10. The maximum Gasteiger partial charge on any atom is 0.303 e. The van der Waals surface area contributed by atoms with Gasteiger partial charge in [-0.1, -0.05) is 26.0 Å². The first-order valence-corrected chi connectivity index (χ1v) is 8.88. The van der Waals surface area contributed by atoms with E-state index in [0.717, 1.165) is 0 Å². The zero-order valence-corrected chi connectivity index (χ0v) is 15.4. The number of aliphatic carboxylic acids is 1. The van der Waals surface area contributed by atoms with Crippen LogP contribution in [0.5, 0.6) is 0 Å². The second kappa shape index (κ2) is 7.02. The first-order chi connectivity index (χ1) is 12.7. The van der Waals surface area contributed by atoms with Gasteiger partial charge in [0.25, 0.3) is 5.91 Å². The minimum Gasteiger partial charge on any atom is -0.481 e. The van der Waals surface area contributed by atoms with Gasteiger partial charge in [0, 0.05) is 19.5 Å². The van der Waals surface area contributed by atoms with E-state index in [4.69, 9.17) is 5.11 Å². The first kappa shape index (κ1) is 18.9. The highest BCUT2D eigenvalue weighted by Crippen LogP contribution is 2.28. The van der Waals surface area contributed by atoms with Gasteiger partial charge >= 0.3 is 5.97 Å². The standard InChI is InChI=1S/C19H23N3O5/c1-19(2,10-16(24)25)9-15(23)21-7-8-22-14(11-21)17(26)20-13-6-4-3-5-12(13)18(22)27/h3-6,14H,7-11H2,1-2H3,(H,20,26)(H,24,25)/t14-/m0/s1. The number of carboxylic acids is 1. The summed E-state index contributed by atoms with van der Waals surface area (Å²) in [5.74, 6) is -1.71. The monoisotopic (exact) mass is 373 g/mol. The molecule has 0 radical (unpaired) electrons. The molecule has 0 spiro atoms. The molecule has 3 rings (SSSR count). The minimum absolute atomic E-state index is 0.0712. The quantitative estimate of drug-likeness (QED) is 0.824. The van der Waals surface area contributed by atoms with Crippen molar-refractivity contribution in [3.05, 3.63) is 29.8 Å². The van der Waals surface area contributed by atoms with Gasteiger partial charge < -0.3 is 20.2 Å². The van der Waals surface area contributed by atoms with Crippen molar-refractivity contribution in [2.75, 3.05) is 25.0 Å². The molecule has 2 aliphatic rings. The van der Waals surface area contributed by atoms with Gasteiger partial charge in [0.1, 0.15) is 6.04 Å². The van der Waals surface area contributed by atoms with Crippen LogP contribution in [0.25, 0.3) is 0 Å². The predicted octanol–water partition coefficient (Wildman–Crippen LogP) is 1.18. The molecule has 1 aromatic carbocycles. The van der Waals surface area contributed by atoms with Crippen LogP contribution in [0.4, 0.5) is 5.69 Å². The number of nitrogens with one attached hydrogen (secondary N) is 1. The summed E-state index contributed by atoms with van der Waals surface area (Å²) in [5, 5.41) is 11.8. The number of fused-ring (bicyclic) bond motifs is 2. The van der Waals surface area contributed by atoms with Gasteiger partial charge in [-0.15, -0.1) is 0 Å². The number of rotatable bonds is 4. The highest BCUT2D eigenvalue weighted by Gasteiger charge is 2.41. The molecule has 0 aliphatic carbocycles. The summed E-state index contributed by atoms with van der Waals surface area (Å²) >= 11 is 0. The molecule has 1 aromatic rings. The van der Waals surface area contributed by atoms with E-state index in [0.29, 0.717) is 17.8 Å². The smallest absolute Gasteiger partial charge is 0.303 e. The molecule has 1 fully saturated rings. The molecule has 2 aliphatic heterocycles. The van der Waals surface area contributed by atoms with Crippen LogP contribution in [0.1, 0.15) is 37.0 Å². The second-order valence-electron chi connectivity index (χ2n) is 7.80. The van der Waals surface area contributed by atoms with Crippen LogP contribution in [0.3, 0.4) is 0 Å². The Morgan fingerprint density at radius 1 is 1.19 bits per heavy atom. The van der Waals surface area contributed by atoms with Crippen molar-refractivity contribution in [1.82, 2.24) is 9.80 Å². The molecule has 8 heteroatoms. The van der Waals surface area contributed by atoms with Crippen LogP contribution in [0, 0.1) is 5.41 Å². The Morgan fingerprint density at radius 3 is 2.59 bits per heavy atom. The zero-order valence-electron chi connectivity index (χ0n) is 15.4. The van der Waals surface area contributed by atoms with Crippen molar-refractivity contribution in [2.24, 2.45) is 5.41 Å². The molecule has 2 heterocycles. The fourth-order valence-corrected chi connectivity index (χ4v) is 3.62. The van der Waals surface area contributed by atoms with Crippen LogP contribution in [-0.4, -0.2) is 64.3 Å². The molecule has 0 saturated carbocycles. The number of anilines is 1. The number of para-hydroxylation sites is 1. The number of hydrogen-bond acceptors (Lipinski definition) is 4. The molecular formula is C19H23N3O5. The predicted molar refractivity (Wildman–Crippen MR) is 97.1 cm³/mol. The number of carbonyl (C=O) groups is 4. The lowest BCUT2D eigenvalue weighted by atomic mass is 9.85. The van der Waals surface area contributed by atoms with Gasteiger partial charge in [-0.2, -0.15) is 0 Å². The molecule has 0 bridgehead atoms. The van der Waals surface area contributed by atoms with Gasteiger partial charge in [0.15, 0.2) is 0 Å². The summed E-state index contributed by atoms with van der Waals surface area (Å²) in [4.78, 5) is 52.1. The molecule has 1 atom stereocenters. The van der Waals surface area contributed by atoms with E-state index >= 15 is 0 Å². The lowest BCUT2D eigenvalue weighted by Gasteiger charge is -2.40. The maximum atomic E-state index is 12.8. The van der Waals surface area contributed by atoms with E-state index in [1.807, 2.05) is 0 Å². The number of carbonyl (C=O) groups excluding carboxylic acids is 3. The summed E-state index contributed by atoms with van der Waals surface area (Å²) < 4.78 is 0. The molecule has 2 N–H and O–H groups in total. The number of piperazine rings is 1. The molecule has 27 heavy (non-hydrogen) atoms. The number of hydrogen-bond donors (Lipinski definition) is 2. The van der Waals surface area contributed by atoms with E-state index < -0.39 is 17.4 Å². The van der Waals surface area contributed by atoms with Crippen molar-refractivity contribution < 1.29 is 24.3 Å². The Morgan fingerprint density at radius 2 is 1.89 bits per heavy atom. The normalized spacial score (nSPS) is 19.7. The van der Waals surface area contributed by atoms with Crippen LogP contribution in [0.15, 0.2) is 24.3 Å². The largest absolute Gasteiger partial charge is 0.481 e. The first-order valence-electron chi connectivity index (χ1n) is 8.88. The van der Waals surface area contributed by atoms with E-state index in [1.165, 1.54) is 4.90 Å². The van der Waals surface area contributed by atoms with Crippen LogP contribution >= 0.6 is 0 Å². The average molecular weight is 373 g/mol. The second-order valence-corrected chi connectivity index (χ2v) is 7.80. The lowest BCUT2D eigenvalue weighted by molar-refractivity contribution is -0.141. The summed E-state index contributed by atoms with van der Waals surface area (Å²) in [6.07, 6.45) is -0.0434. The number of carboxylic acid groups (broad SMARTS) is 1. The Hall–Kier alpha value is -2.90. The van der Waals surface area contributed by atoms with Crippen LogP contribution < -0.4 is 5.32 Å². The van der Waals surface area contributed by atoms with E-state index in [9.17, 15) is 19.2 Å². The molecule has 1 saturated heterocycles. The molecule has 3 amide bonds. The SMILES string of the molecule is CC(C)(CC(=O)O)CC(=O)N1CCN2C(=O)c3ccccc3NC(=O)[C@@H]2C1. The van der Waals surface area contributed by atoms with E-state index in [2.05, 4.69) is 5.32 Å². The Bertz CT molecular complexity index is 804. The fraction of sp³-hybridized carbons (Fsp3) is 0.474. The van der Waals surface area contributed by atoms with E-state index in [-0.39, 0.29) is 43.7 Å². The van der Waals surface area contributed by atoms with Gasteiger partial charge in [-0.25, -0.2) is 0 Å². The molecule has 0 unspecified atom stereocenters. The highest BCUT2D eigenvalue weighted by atomic mass is 16.4. The fourth-order valence-electron chi connectivity index (χ4n) is 3.62. The zero-order chi connectivity index (χ0) is 19.8. The number of amides is 3. The lowest BCUT2D eigenvalue weighted by Crippen LogP contribution is -2.59. The van der Waals surface area contributed by atoms with Crippen LogP contribution in [-0.2, 0) is 14.4 Å². The third-order valence-corrected chi connectivity index (χ3v) is 4.97. The number of nitrogens with zero attached hydrogens (tertiary/aromatic N) is 2.